The molecule has 54 valence electrons. The van der Waals surface area contributed by atoms with Crippen LogP contribution < -0.4 is 16.5 Å². The lowest BCUT2D eigenvalue weighted by Crippen LogP contribution is -2.46. The number of carbonyl (C=O) groups excluding carboxylic acids is 1. The summed E-state index contributed by atoms with van der Waals surface area (Å²) in [6.07, 6.45) is 0. The van der Waals surface area contributed by atoms with Gasteiger partial charge < -0.3 is 11.1 Å². The molecule has 5 N–H and O–H groups in total. The summed E-state index contributed by atoms with van der Waals surface area (Å²) in [4.78, 5) is 10.5. The number of nitrogens with two attached hydrogens (primary N) is 1. The predicted octanol–water partition coefficient (Wildman–Crippen LogP) is -1.96. The van der Waals surface area contributed by atoms with Gasteiger partial charge in [-0.15, -0.1) is 0 Å². The second kappa shape index (κ2) is 4.25. The molecule has 0 bridgehead atoms. The van der Waals surface area contributed by atoms with Crippen LogP contribution in [0.1, 0.15) is 0 Å². The largest absolute Gasteiger partial charge is 0.328 e. The van der Waals surface area contributed by atoms with Crippen LogP contribution in [0.2, 0.25) is 0 Å². The molecule has 0 heterocycles. The average Bonchev–Trinajstić information content (AvgIpc) is 1.90. The van der Waals surface area contributed by atoms with Gasteiger partial charge in [0.1, 0.15) is 6.04 Å². The molecule has 0 aliphatic heterocycles. The van der Waals surface area contributed by atoms with Crippen LogP contribution in [0.4, 0.5) is 0 Å². The number of carbonyl (C=O) groups is 1. The molecule has 0 aliphatic carbocycles. The van der Waals surface area contributed by atoms with Gasteiger partial charge in [0.05, 0.1) is 0 Å². The van der Waals surface area contributed by atoms with Crippen molar-refractivity contribution in [2.45, 2.75) is 6.04 Å². The Hall–Kier alpha value is -0.650. The first-order valence-corrected chi connectivity index (χ1v) is 2.57. The SMILES string of the molecule is CNC(CN)C(=O)NO. The summed E-state index contributed by atoms with van der Waals surface area (Å²) >= 11 is 0. The van der Waals surface area contributed by atoms with Crippen molar-refractivity contribution in [1.29, 1.82) is 0 Å². The number of likely N-dealkylation sites (N-methyl/N-ethyl adjacent to an activating group) is 1. The van der Waals surface area contributed by atoms with Crippen molar-refractivity contribution in [2.75, 3.05) is 13.6 Å². The number of amides is 1. The van der Waals surface area contributed by atoms with Crippen molar-refractivity contribution >= 4 is 5.91 Å². The van der Waals surface area contributed by atoms with E-state index in [4.69, 9.17) is 10.9 Å². The summed E-state index contributed by atoms with van der Waals surface area (Å²) in [5, 5.41) is 10.7. The third-order valence-electron chi connectivity index (χ3n) is 1.01. The van der Waals surface area contributed by atoms with E-state index < -0.39 is 11.9 Å². The highest BCUT2D eigenvalue weighted by Crippen LogP contribution is 1.75. The first-order chi connectivity index (χ1) is 4.26. The summed E-state index contributed by atoms with van der Waals surface area (Å²) in [5.41, 5.74) is 6.61. The van der Waals surface area contributed by atoms with Crippen molar-refractivity contribution in [3.8, 4) is 0 Å². The molecule has 0 rings (SSSR count). The summed E-state index contributed by atoms with van der Waals surface area (Å²) in [7, 11) is 1.59. The molecule has 0 saturated carbocycles. The van der Waals surface area contributed by atoms with Gasteiger partial charge in [-0.1, -0.05) is 0 Å². The molecule has 0 aromatic heterocycles. The monoisotopic (exact) mass is 133 g/mol. The standard InChI is InChI=1S/C4H11N3O2/c1-6-3(2-5)4(8)7-9/h3,6,9H,2,5H2,1H3,(H,7,8). The number of rotatable bonds is 3. The van der Waals surface area contributed by atoms with Gasteiger partial charge in [-0.3, -0.25) is 10.0 Å². The van der Waals surface area contributed by atoms with Gasteiger partial charge in [0.25, 0.3) is 5.91 Å². The Morgan fingerprint density at radius 1 is 1.89 bits per heavy atom. The van der Waals surface area contributed by atoms with Crippen molar-refractivity contribution in [3.63, 3.8) is 0 Å². The Balaban J connectivity index is 3.64. The number of hydroxylamine groups is 1. The van der Waals surface area contributed by atoms with E-state index in [1.165, 1.54) is 5.48 Å². The Bertz CT molecular complexity index is 91.8. The van der Waals surface area contributed by atoms with Crippen molar-refractivity contribution in [1.82, 2.24) is 10.8 Å². The maximum atomic E-state index is 10.5. The first kappa shape index (κ1) is 8.35. The Labute approximate surface area is 53.2 Å². The molecule has 1 amide bonds. The van der Waals surface area contributed by atoms with Crippen molar-refractivity contribution < 1.29 is 10.0 Å². The number of nitrogens with one attached hydrogen (secondary N) is 2. The Kier molecular flexibility index (Phi) is 3.94. The van der Waals surface area contributed by atoms with Gasteiger partial charge in [-0.05, 0) is 7.05 Å². The van der Waals surface area contributed by atoms with Crippen LogP contribution in [0.3, 0.4) is 0 Å². The number of hydrogen-bond donors (Lipinski definition) is 4. The third kappa shape index (κ3) is 2.41. The van der Waals surface area contributed by atoms with Gasteiger partial charge in [-0.25, -0.2) is 5.48 Å². The summed E-state index contributed by atoms with van der Waals surface area (Å²) < 4.78 is 0. The predicted molar refractivity (Wildman–Crippen MR) is 31.8 cm³/mol. The van der Waals surface area contributed by atoms with E-state index in [0.717, 1.165) is 0 Å². The summed E-state index contributed by atoms with van der Waals surface area (Å²) in [5.74, 6) is -0.514. The van der Waals surface area contributed by atoms with E-state index >= 15 is 0 Å². The average molecular weight is 133 g/mol. The zero-order chi connectivity index (χ0) is 7.28. The Morgan fingerprint density at radius 2 is 2.44 bits per heavy atom. The lowest BCUT2D eigenvalue weighted by atomic mass is 10.3. The molecule has 5 heteroatoms. The molecule has 0 saturated heterocycles. The molecular weight excluding hydrogens is 122 g/mol. The molecule has 0 radical (unpaired) electrons. The second-order valence-corrected chi connectivity index (χ2v) is 1.55. The van der Waals surface area contributed by atoms with Crippen LogP contribution in [0, 0.1) is 0 Å². The van der Waals surface area contributed by atoms with Crippen LogP contribution >= 0.6 is 0 Å². The highest BCUT2D eigenvalue weighted by atomic mass is 16.5. The minimum Gasteiger partial charge on any atom is -0.328 e. The van der Waals surface area contributed by atoms with Gasteiger partial charge in [0.2, 0.25) is 0 Å². The molecule has 0 aromatic rings. The zero-order valence-electron chi connectivity index (χ0n) is 5.22. The van der Waals surface area contributed by atoms with E-state index in [1.807, 2.05) is 0 Å². The number of hydrogen-bond acceptors (Lipinski definition) is 4. The van der Waals surface area contributed by atoms with E-state index in [2.05, 4.69) is 5.32 Å². The van der Waals surface area contributed by atoms with E-state index in [1.54, 1.807) is 7.05 Å². The maximum absolute atomic E-state index is 10.5. The fourth-order valence-electron chi connectivity index (χ4n) is 0.434. The maximum Gasteiger partial charge on any atom is 0.261 e. The fourth-order valence-corrected chi connectivity index (χ4v) is 0.434. The fraction of sp³-hybridized carbons (Fsp3) is 0.750. The molecule has 1 atom stereocenters. The molecule has 9 heavy (non-hydrogen) atoms. The zero-order valence-corrected chi connectivity index (χ0v) is 5.22. The molecule has 1 unspecified atom stereocenters. The second-order valence-electron chi connectivity index (χ2n) is 1.55. The molecular formula is C4H11N3O2. The normalized spacial score (nSPS) is 12.8. The van der Waals surface area contributed by atoms with E-state index in [0.29, 0.717) is 0 Å². The minimum absolute atomic E-state index is 0.170. The van der Waals surface area contributed by atoms with Gasteiger partial charge in [0, 0.05) is 6.54 Å². The molecule has 0 aromatic carbocycles. The van der Waals surface area contributed by atoms with Crippen LogP contribution in [0.25, 0.3) is 0 Å². The van der Waals surface area contributed by atoms with Crippen LogP contribution in [-0.2, 0) is 4.79 Å². The van der Waals surface area contributed by atoms with Gasteiger partial charge in [0.15, 0.2) is 0 Å². The quantitative estimate of drug-likeness (QED) is 0.266. The van der Waals surface area contributed by atoms with E-state index in [9.17, 15) is 4.79 Å². The topological polar surface area (TPSA) is 87.4 Å². The van der Waals surface area contributed by atoms with Crippen molar-refractivity contribution in [2.24, 2.45) is 5.73 Å². The van der Waals surface area contributed by atoms with Gasteiger partial charge in [-0.2, -0.15) is 0 Å². The van der Waals surface area contributed by atoms with E-state index in [-0.39, 0.29) is 6.54 Å². The lowest BCUT2D eigenvalue weighted by Gasteiger charge is -2.09. The minimum atomic E-state index is -0.514. The molecule has 5 nitrogen and oxygen atoms in total. The molecule has 0 fully saturated rings. The molecule has 0 spiro atoms. The highest BCUT2D eigenvalue weighted by molar-refractivity contribution is 5.80. The van der Waals surface area contributed by atoms with Gasteiger partial charge >= 0.3 is 0 Å². The third-order valence-corrected chi connectivity index (χ3v) is 1.01. The smallest absolute Gasteiger partial charge is 0.261 e. The van der Waals surface area contributed by atoms with Crippen LogP contribution in [0.15, 0.2) is 0 Å². The first-order valence-electron chi connectivity index (χ1n) is 2.57. The van der Waals surface area contributed by atoms with Crippen LogP contribution in [-0.4, -0.2) is 30.7 Å². The highest BCUT2D eigenvalue weighted by Gasteiger charge is 2.11. The summed E-state index contributed by atoms with van der Waals surface area (Å²) in [6.45, 7) is 0.170. The molecule has 0 aliphatic rings. The summed E-state index contributed by atoms with van der Waals surface area (Å²) in [6, 6.07) is -0.505. The van der Waals surface area contributed by atoms with Crippen LogP contribution in [0.5, 0.6) is 0 Å². The van der Waals surface area contributed by atoms with Crippen molar-refractivity contribution in [3.05, 3.63) is 0 Å². The Morgan fingerprint density at radius 3 is 2.56 bits per heavy atom. The lowest BCUT2D eigenvalue weighted by molar-refractivity contribution is -0.131.